The lowest BCUT2D eigenvalue weighted by Gasteiger charge is -2.43. The SMILES string of the molecule is CCOCC(CCC(C)(Cl)Cl)(COCC)C1CCCCC1. The predicted molar refractivity (Wildman–Crippen MR) is 91.3 cm³/mol. The Hall–Kier alpha value is 0.500. The van der Waals surface area contributed by atoms with Gasteiger partial charge < -0.3 is 9.47 Å². The van der Waals surface area contributed by atoms with Crippen LogP contribution in [0.4, 0.5) is 0 Å². The molecule has 0 N–H and O–H groups in total. The van der Waals surface area contributed by atoms with Crippen molar-refractivity contribution < 1.29 is 9.47 Å². The molecule has 0 aromatic rings. The summed E-state index contributed by atoms with van der Waals surface area (Å²) >= 11 is 12.5. The number of hydrogen-bond donors (Lipinski definition) is 0. The Morgan fingerprint density at radius 1 is 0.905 bits per heavy atom. The molecule has 0 saturated heterocycles. The molecule has 0 aromatic carbocycles. The standard InChI is InChI=1S/C17H32Cl2O2/c1-4-20-13-17(14-21-5-2,12-11-16(3,18)19)15-9-7-6-8-10-15/h15H,4-14H2,1-3H3. The summed E-state index contributed by atoms with van der Waals surface area (Å²) in [5, 5.41) is 0. The van der Waals surface area contributed by atoms with E-state index in [0.717, 1.165) is 39.3 Å². The van der Waals surface area contributed by atoms with Crippen molar-refractivity contribution in [2.75, 3.05) is 26.4 Å². The lowest BCUT2D eigenvalue weighted by atomic mass is 9.67. The molecular weight excluding hydrogens is 307 g/mol. The summed E-state index contributed by atoms with van der Waals surface area (Å²) in [6.45, 7) is 9.01. The topological polar surface area (TPSA) is 18.5 Å². The molecule has 21 heavy (non-hydrogen) atoms. The Labute approximate surface area is 140 Å². The largest absolute Gasteiger partial charge is 0.381 e. The molecule has 0 radical (unpaired) electrons. The van der Waals surface area contributed by atoms with Crippen LogP contribution in [0, 0.1) is 11.3 Å². The quantitative estimate of drug-likeness (QED) is 0.482. The maximum Gasteiger partial charge on any atom is 0.115 e. The van der Waals surface area contributed by atoms with Crippen LogP contribution < -0.4 is 0 Å². The molecule has 0 aliphatic heterocycles. The first-order valence-corrected chi connectivity index (χ1v) is 9.22. The Balaban J connectivity index is 2.83. The summed E-state index contributed by atoms with van der Waals surface area (Å²) in [5.41, 5.74) is 0.0669. The van der Waals surface area contributed by atoms with Crippen molar-refractivity contribution in [1.29, 1.82) is 0 Å². The van der Waals surface area contributed by atoms with E-state index in [1.807, 2.05) is 6.92 Å². The summed E-state index contributed by atoms with van der Waals surface area (Å²) < 4.78 is 11.0. The van der Waals surface area contributed by atoms with Crippen LogP contribution in [0.3, 0.4) is 0 Å². The molecule has 0 amide bonds. The third kappa shape index (κ3) is 7.07. The van der Waals surface area contributed by atoms with Gasteiger partial charge in [-0.05, 0) is 52.4 Å². The van der Waals surface area contributed by atoms with Gasteiger partial charge in [-0.25, -0.2) is 0 Å². The van der Waals surface area contributed by atoms with Crippen LogP contribution in [0.1, 0.15) is 65.7 Å². The summed E-state index contributed by atoms with van der Waals surface area (Å²) in [6.07, 6.45) is 8.32. The molecule has 4 heteroatoms. The van der Waals surface area contributed by atoms with E-state index in [1.165, 1.54) is 32.1 Å². The van der Waals surface area contributed by atoms with E-state index in [0.29, 0.717) is 5.92 Å². The lowest BCUT2D eigenvalue weighted by Crippen LogP contribution is -2.42. The van der Waals surface area contributed by atoms with Crippen LogP contribution in [0.25, 0.3) is 0 Å². The number of alkyl halides is 2. The van der Waals surface area contributed by atoms with E-state index in [4.69, 9.17) is 32.7 Å². The third-order valence-corrected chi connectivity index (χ3v) is 5.10. The van der Waals surface area contributed by atoms with Crippen LogP contribution >= 0.6 is 23.2 Å². The van der Waals surface area contributed by atoms with Crippen LogP contribution in [0.2, 0.25) is 0 Å². The molecule has 1 fully saturated rings. The van der Waals surface area contributed by atoms with Gasteiger partial charge in [-0.15, -0.1) is 23.2 Å². The van der Waals surface area contributed by atoms with Gasteiger partial charge in [-0.3, -0.25) is 0 Å². The van der Waals surface area contributed by atoms with Gasteiger partial charge in [0.25, 0.3) is 0 Å². The van der Waals surface area contributed by atoms with Crippen molar-refractivity contribution in [2.45, 2.75) is 70.1 Å². The summed E-state index contributed by atoms with van der Waals surface area (Å²) in [4.78, 5) is 0. The Bertz CT molecular complexity index is 262. The van der Waals surface area contributed by atoms with Gasteiger partial charge in [0.2, 0.25) is 0 Å². The molecule has 1 aliphatic carbocycles. The van der Waals surface area contributed by atoms with Gasteiger partial charge in [0.15, 0.2) is 0 Å². The van der Waals surface area contributed by atoms with Gasteiger partial charge in [-0.2, -0.15) is 0 Å². The van der Waals surface area contributed by atoms with Crippen LogP contribution in [0.15, 0.2) is 0 Å². The molecule has 1 rings (SSSR count). The Kier molecular flexibility index (Phi) is 8.93. The zero-order valence-electron chi connectivity index (χ0n) is 13.9. The van der Waals surface area contributed by atoms with Crippen LogP contribution in [0.5, 0.6) is 0 Å². The fourth-order valence-electron chi connectivity index (χ4n) is 3.42. The molecule has 0 atom stereocenters. The maximum atomic E-state index is 6.23. The van der Waals surface area contributed by atoms with E-state index in [1.54, 1.807) is 0 Å². The molecule has 2 nitrogen and oxygen atoms in total. The van der Waals surface area contributed by atoms with Crippen LogP contribution in [-0.2, 0) is 9.47 Å². The lowest BCUT2D eigenvalue weighted by molar-refractivity contribution is -0.0664. The van der Waals surface area contributed by atoms with Gasteiger partial charge >= 0.3 is 0 Å². The average molecular weight is 339 g/mol. The molecule has 1 aliphatic rings. The average Bonchev–Trinajstić information content (AvgIpc) is 2.47. The summed E-state index contributed by atoms with van der Waals surface area (Å²) in [6, 6.07) is 0. The first-order chi connectivity index (χ1) is 9.93. The van der Waals surface area contributed by atoms with Crippen molar-refractivity contribution in [3.63, 3.8) is 0 Å². The zero-order valence-corrected chi connectivity index (χ0v) is 15.4. The second-order valence-electron chi connectivity index (χ2n) is 6.54. The van der Waals surface area contributed by atoms with E-state index in [2.05, 4.69) is 13.8 Å². The highest BCUT2D eigenvalue weighted by atomic mass is 35.5. The van der Waals surface area contributed by atoms with E-state index in [-0.39, 0.29) is 5.41 Å². The minimum Gasteiger partial charge on any atom is -0.381 e. The molecule has 0 unspecified atom stereocenters. The van der Waals surface area contributed by atoms with E-state index < -0.39 is 4.33 Å². The molecular formula is C17H32Cl2O2. The normalized spacial score (nSPS) is 18.1. The highest BCUT2D eigenvalue weighted by Gasteiger charge is 2.40. The molecule has 1 saturated carbocycles. The number of hydrogen-bond acceptors (Lipinski definition) is 2. The number of rotatable bonds is 10. The van der Waals surface area contributed by atoms with Gasteiger partial charge in [0, 0.05) is 18.6 Å². The highest BCUT2D eigenvalue weighted by molar-refractivity contribution is 6.48. The molecule has 0 bridgehead atoms. The maximum absolute atomic E-state index is 6.23. The van der Waals surface area contributed by atoms with Gasteiger partial charge in [-0.1, -0.05) is 19.3 Å². The smallest absolute Gasteiger partial charge is 0.115 e. The molecule has 0 heterocycles. The monoisotopic (exact) mass is 338 g/mol. The van der Waals surface area contributed by atoms with Crippen molar-refractivity contribution >= 4 is 23.2 Å². The minimum atomic E-state index is -0.668. The van der Waals surface area contributed by atoms with Crippen molar-refractivity contribution in [3.05, 3.63) is 0 Å². The van der Waals surface area contributed by atoms with Gasteiger partial charge in [0.05, 0.1) is 13.2 Å². The molecule has 126 valence electrons. The first kappa shape index (κ1) is 19.5. The molecule has 0 spiro atoms. The number of halogens is 2. The third-order valence-electron chi connectivity index (χ3n) is 4.72. The first-order valence-electron chi connectivity index (χ1n) is 8.47. The summed E-state index contributed by atoms with van der Waals surface area (Å²) in [7, 11) is 0. The second-order valence-corrected chi connectivity index (χ2v) is 8.40. The zero-order chi connectivity index (χ0) is 15.8. The van der Waals surface area contributed by atoms with Crippen molar-refractivity contribution in [3.8, 4) is 0 Å². The Morgan fingerprint density at radius 3 is 1.86 bits per heavy atom. The van der Waals surface area contributed by atoms with Crippen molar-refractivity contribution in [1.82, 2.24) is 0 Å². The second kappa shape index (κ2) is 9.60. The van der Waals surface area contributed by atoms with E-state index >= 15 is 0 Å². The molecule has 0 aromatic heterocycles. The Morgan fingerprint density at radius 2 is 1.43 bits per heavy atom. The number of ether oxygens (including phenoxy) is 2. The minimum absolute atomic E-state index is 0.0669. The van der Waals surface area contributed by atoms with Gasteiger partial charge in [0.1, 0.15) is 4.33 Å². The highest BCUT2D eigenvalue weighted by Crippen LogP contribution is 2.45. The predicted octanol–water partition coefficient (Wildman–Crippen LogP) is 5.60. The summed E-state index contributed by atoms with van der Waals surface area (Å²) in [5.74, 6) is 0.667. The van der Waals surface area contributed by atoms with Crippen molar-refractivity contribution in [2.24, 2.45) is 11.3 Å². The van der Waals surface area contributed by atoms with E-state index in [9.17, 15) is 0 Å². The fourth-order valence-corrected chi connectivity index (χ4v) is 3.61. The fraction of sp³-hybridized carbons (Fsp3) is 1.00. The van der Waals surface area contributed by atoms with Crippen LogP contribution in [-0.4, -0.2) is 30.8 Å².